The lowest BCUT2D eigenvalue weighted by atomic mass is 9.56. The number of carbonyl (C=O) groups is 4. The molecule has 0 unspecified atom stereocenters. The summed E-state index contributed by atoms with van der Waals surface area (Å²) in [5, 5.41) is 10.7. The van der Waals surface area contributed by atoms with Crippen LogP contribution in [0.4, 0.5) is 33.3 Å². The number of fused-ring (bicyclic) bond motifs is 4. The number of methoxy groups -OCH3 is 1. The van der Waals surface area contributed by atoms with Crippen molar-refractivity contribution in [2.24, 2.45) is 17.8 Å². The number of imide groups is 2. The van der Waals surface area contributed by atoms with Crippen molar-refractivity contribution in [2.45, 2.75) is 28.5 Å². The molecule has 2 aliphatic carbocycles. The minimum Gasteiger partial charge on any atom is -0.503 e. The summed E-state index contributed by atoms with van der Waals surface area (Å²) < 4.78 is 79.7. The Morgan fingerprint density at radius 3 is 2.00 bits per heavy atom. The van der Waals surface area contributed by atoms with Gasteiger partial charge in [-0.1, -0.05) is 27.6 Å². The van der Waals surface area contributed by atoms with E-state index in [9.17, 15) is 37.5 Å². The van der Waals surface area contributed by atoms with Gasteiger partial charge in [0.05, 0.1) is 29.1 Å². The largest absolute Gasteiger partial charge is 0.503 e. The number of alkyl halides is 2. The minimum atomic E-state index is -2.76. The number of ether oxygens (including phenoxy) is 1. The van der Waals surface area contributed by atoms with Crippen LogP contribution in [0.25, 0.3) is 0 Å². The number of allylic oxidation sites excluding steroid dienone is 2. The van der Waals surface area contributed by atoms with Crippen molar-refractivity contribution in [2.75, 3.05) is 16.9 Å². The summed E-state index contributed by atoms with van der Waals surface area (Å²) in [6, 6.07) is 7.58. The van der Waals surface area contributed by atoms with E-state index >= 15 is 8.78 Å². The van der Waals surface area contributed by atoms with Crippen molar-refractivity contribution in [3.63, 3.8) is 0 Å². The van der Waals surface area contributed by atoms with Gasteiger partial charge in [-0.05, 0) is 86.5 Å². The number of benzene rings is 3. The van der Waals surface area contributed by atoms with E-state index in [4.69, 9.17) is 27.9 Å². The van der Waals surface area contributed by atoms with Crippen molar-refractivity contribution in [3.05, 3.63) is 90.0 Å². The number of anilines is 2. The van der Waals surface area contributed by atoms with E-state index < -0.39 is 104 Å². The number of phenolic OH excluding ortho intramolecular Hbond substituents is 1. The summed E-state index contributed by atoms with van der Waals surface area (Å²) in [4.78, 5) is 52.2. The Morgan fingerprint density at radius 1 is 0.824 bits per heavy atom. The first-order chi connectivity index (χ1) is 23.9. The van der Waals surface area contributed by atoms with E-state index in [2.05, 4.69) is 47.8 Å². The summed E-state index contributed by atoms with van der Waals surface area (Å²) >= 11 is 24.3. The number of halogens is 10. The van der Waals surface area contributed by atoms with Gasteiger partial charge < -0.3 is 9.84 Å². The second-order valence-corrected chi connectivity index (χ2v) is 16.1. The van der Waals surface area contributed by atoms with Crippen LogP contribution >= 0.6 is 71.0 Å². The molecule has 2 saturated heterocycles. The van der Waals surface area contributed by atoms with Crippen LogP contribution in [0.1, 0.15) is 24.3 Å². The predicted octanol–water partition coefficient (Wildman–Crippen LogP) is 8.15. The number of aromatic hydroxyl groups is 1. The third kappa shape index (κ3) is 4.71. The van der Waals surface area contributed by atoms with Gasteiger partial charge in [-0.2, -0.15) is 0 Å². The Morgan fingerprint density at radius 2 is 1.41 bits per heavy atom. The zero-order chi connectivity index (χ0) is 37.2. The lowest BCUT2D eigenvalue weighted by Gasteiger charge is -2.51. The van der Waals surface area contributed by atoms with Gasteiger partial charge in [0.15, 0.2) is 44.5 Å². The molecule has 0 spiro atoms. The number of hydrogen-bond donors (Lipinski definition) is 1. The van der Waals surface area contributed by atoms with E-state index in [1.165, 1.54) is 13.2 Å². The van der Waals surface area contributed by atoms with Gasteiger partial charge in [-0.15, -0.1) is 23.2 Å². The molecule has 266 valence electrons. The van der Waals surface area contributed by atoms with Crippen LogP contribution in [0.2, 0.25) is 0 Å². The fraction of sp³-hybridized carbons (Fsp3) is 0.273. The maximum absolute atomic E-state index is 15.3. The van der Waals surface area contributed by atoms with Gasteiger partial charge >= 0.3 is 0 Å². The third-order valence-electron chi connectivity index (χ3n) is 10.0. The average molecular weight is 944 g/mol. The first kappa shape index (κ1) is 36.3. The number of phenols is 1. The van der Waals surface area contributed by atoms with Gasteiger partial charge in [-0.3, -0.25) is 24.1 Å². The summed E-state index contributed by atoms with van der Waals surface area (Å²) in [7, 11) is 1.21. The van der Waals surface area contributed by atoms with E-state index in [-0.39, 0.29) is 42.8 Å². The van der Waals surface area contributed by atoms with E-state index in [0.717, 1.165) is 4.90 Å². The first-order valence-electron chi connectivity index (χ1n) is 14.8. The fourth-order valence-electron chi connectivity index (χ4n) is 7.73. The van der Waals surface area contributed by atoms with Crippen LogP contribution in [-0.2, 0) is 19.2 Å². The zero-order valence-corrected chi connectivity index (χ0v) is 31.6. The van der Waals surface area contributed by atoms with Crippen molar-refractivity contribution in [3.8, 4) is 11.5 Å². The number of rotatable bonds is 4. The standard InChI is InChI=1S/C33H18Br3Cl2F5N2O6/c1-51-16-8-14(19(35)20(36)27(16)46)18-12-6-7-13-17(29(48)44(28(13)47)11-4-2-10(34)3-5-11)15(12)9-32(37)30(49)45(31(50)33(18,32)38)26-24(42)22(40)21(39)23(41)25(26)43/h2-6,8,13,15,17-18,46H,7,9H2,1H3/t13-,15+,17-,18+,32+,33-/m0/s1. The van der Waals surface area contributed by atoms with E-state index in [1.54, 1.807) is 30.3 Å². The molecule has 0 radical (unpaired) electrons. The summed E-state index contributed by atoms with van der Waals surface area (Å²) in [5.41, 5.74) is -1.39. The van der Waals surface area contributed by atoms with Crippen molar-refractivity contribution in [1.29, 1.82) is 0 Å². The number of carbonyl (C=O) groups excluding carboxylic acids is 4. The van der Waals surface area contributed by atoms with Crippen LogP contribution in [0.15, 0.2) is 55.4 Å². The molecule has 4 amide bonds. The molecule has 18 heteroatoms. The highest BCUT2D eigenvalue weighted by atomic mass is 79.9. The molecule has 1 saturated carbocycles. The smallest absolute Gasteiger partial charge is 0.258 e. The molecule has 2 aliphatic heterocycles. The number of nitrogens with zero attached hydrogens (tertiary/aromatic N) is 2. The Balaban J connectivity index is 1.47. The first-order valence-corrected chi connectivity index (χ1v) is 17.9. The maximum atomic E-state index is 15.3. The highest BCUT2D eigenvalue weighted by Crippen LogP contribution is 2.67. The van der Waals surface area contributed by atoms with Crippen molar-refractivity contribution in [1.82, 2.24) is 0 Å². The topological polar surface area (TPSA) is 104 Å². The second-order valence-electron chi connectivity index (χ2n) is 12.3. The summed E-state index contributed by atoms with van der Waals surface area (Å²) in [6.07, 6.45) is 0.843. The third-order valence-corrected chi connectivity index (χ3v) is 14.1. The Labute approximate surface area is 319 Å². The monoisotopic (exact) mass is 940 g/mol. The number of amides is 4. The molecular formula is C33H18Br3Cl2F5N2O6. The lowest BCUT2D eigenvalue weighted by molar-refractivity contribution is -0.125. The predicted molar refractivity (Wildman–Crippen MR) is 183 cm³/mol. The summed E-state index contributed by atoms with van der Waals surface area (Å²) in [6.45, 7) is 0. The Hall–Kier alpha value is -3.05. The van der Waals surface area contributed by atoms with E-state index in [1.807, 2.05) is 0 Å². The normalized spacial score (nSPS) is 28.6. The van der Waals surface area contributed by atoms with Crippen LogP contribution in [0.5, 0.6) is 11.5 Å². The molecule has 3 aromatic rings. The molecule has 0 aromatic heterocycles. The van der Waals surface area contributed by atoms with E-state index in [0.29, 0.717) is 4.47 Å². The van der Waals surface area contributed by atoms with Gasteiger partial charge in [0, 0.05) is 14.9 Å². The van der Waals surface area contributed by atoms with Gasteiger partial charge in [0.2, 0.25) is 17.6 Å². The Kier molecular flexibility index (Phi) is 8.72. The molecule has 3 aromatic carbocycles. The zero-order valence-electron chi connectivity index (χ0n) is 25.4. The average Bonchev–Trinajstić information content (AvgIpc) is 3.44. The molecule has 51 heavy (non-hydrogen) atoms. The molecule has 2 heterocycles. The molecule has 1 N–H and O–H groups in total. The molecular weight excluding hydrogens is 926 g/mol. The quantitative estimate of drug-likeness (QED) is 0.0708. The van der Waals surface area contributed by atoms with Crippen molar-refractivity contribution >= 4 is 106 Å². The molecule has 4 aliphatic rings. The molecule has 0 bridgehead atoms. The minimum absolute atomic E-state index is 0.0179. The highest BCUT2D eigenvalue weighted by molar-refractivity contribution is 9.13. The Bertz CT molecular complexity index is 2150. The van der Waals surface area contributed by atoms with Crippen molar-refractivity contribution < 1.29 is 51.0 Å². The number of hydrogen-bond acceptors (Lipinski definition) is 6. The van der Waals surface area contributed by atoms with Gasteiger partial charge in [0.1, 0.15) is 5.69 Å². The molecule has 8 nitrogen and oxygen atoms in total. The van der Waals surface area contributed by atoms with Crippen LogP contribution in [0, 0.1) is 46.8 Å². The summed E-state index contributed by atoms with van der Waals surface area (Å²) in [5.74, 6) is -22.3. The van der Waals surface area contributed by atoms with Gasteiger partial charge in [-0.25, -0.2) is 26.9 Å². The van der Waals surface area contributed by atoms with Crippen LogP contribution in [-0.4, -0.2) is 45.6 Å². The molecule has 3 fully saturated rings. The molecule has 7 rings (SSSR count). The maximum Gasteiger partial charge on any atom is 0.258 e. The van der Waals surface area contributed by atoms with Crippen LogP contribution in [0.3, 0.4) is 0 Å². The SMILES string of the molecule is COc1cc([C@H]2C3=CC[C@@H]4C(=O)N(c5ccc(Br)cc5)C(=O)[C@@H]4[C@@H]3C[C@@]3(Cl)C(=O)N(c4c(F)c(F)c(F)c(F)c4F)C(=O)[C@@]23Cl)c(Br)c(Br)c1O. The molecule has 6 atom stereocenters. The highest BCUT2D eigenvalue weighted by Gasteiger charge is 2.77. The lowest BCUT2D eigenvalue weighted by Crippen LogP contribution is -2.60. The second kappa shape index (κ2) is 12.3. The van der Waals surface area contributed by atoms with Gasteiger partial charge in [0.25, 0.3) is 11.8 Å². The van der Waals surface area contributed by atoms with Crippen LogP contribution < -0.4 is 14.5 Å². The fourth-order valence-corrected chi connectivity index (χ4v) is 9.88.